The van der Waals surface area contributed by atoms with Crippen molar-refractivity contribution in [3.63, 3.8) is 0 Å². The van der Waals surface area contributed by atoms with Crippen molar-refractivity contribution in [2.45, 2.75) is 13.0 Å². The summed E-state index contributed by atoms with van der Waals surface area (Å²) in [6, 6.07) is 0. The van der Waals surface area contributed by atoms with Crippen LogP contribution in [0.25, 0.3) is 0 Å². The van der Waals surface area contributed by atoms with Crippen LogP contribution in [0.1, 0.15) is 17.7 Å². The third-order valence-electron chi connectivity index (χ3n) is 1.49. The molecule has 0 unspecified atom stereocenters. The molecule has 0 bridgehead atoms. The number of rotatable bonds is 2. The summed E-state index contributed by atoms with van der Waals surface area (Å²) in [4.78, 5) is 3.71. The highest BCUT2D eigenvalue weighted by Crippen LogP contribution is 2.33. The Morgan fingerprint density at radius 2 is 2.23 bits per heavy atom. The maximum absolute atomic E-state index is 12.3. The zero-order chi connectivity index (χ0) is 10.0. The number of hydrogen-bond acceptors (Lipinski definition) is 2. The van der Waals surface area contributed by atoms with E-state index in [1.807, 2.05) is 0 Å². The first-order chi connectivity index (χ1) is 6.07. The van der Waals surface area contributed by atoms with Gasteiger partial charge in [0, 0.05) is 17.2 Å². The van der Waals surface area contributed by atoms with Crippen molar-refractivity contribution in [1.29, 1.82) is 0 Å². The van der Waals surface area contributed by atoms with Gasteiger partial charge < -0.3 is 5.73 Å². The van der Waals surface area contributed by atoms with Crippen molar-refractivity contribution in [1.82, 2.24) is 4.98 Å². The summed E-state index contributed by atoms with van der Waals surface area (Å²) in [5.41, 5.74) is 5.47. The van der Waals surface area contributed by atoms with Gasteiger partial charge >= 0.3 is 0 Å². The van der Waals surface area contributed by atoms with Crippen LogP contribution < -0.4 is 5.73 Å². The first kappa shape index (κ1) is 10.8. The van der Waals surface area contributed by atoms with Crippen LogP contribution in [-0.4, -0.2) is 4.98 Å². The van der Waals surface area contributed by atoms with Crippen molar-refractivity contribution in [3.8, 4) is 0 Å². The molecule has 1 rings (SSSR count). The van der Waals surface area contributed by atoms with Crippen molar-refractivity contribution in [2.24, 2.45) is 5.73 Å². The third kappa shape index (κ3) is 2.15. The molecule has 6 heteroatoms. The Labute approximate surface area is 87.2 Å². The number of pyridine rings is 1. The second kappa shape index (κ2) is 4.30. The monoisotopic (exact) mass is 270 g/mol. The summed E-state index contributed by atoms with van der Waals surface area (Å²) >= 11 is 8.68. The topological polar surface area (TPSA) is 38.9 Å². The molecule has 0 saturated heterocycles. The average Bonchev–Trinajstić information content (AvgIpc) is 2.09. The average molecular weight is 271 g/mol. The van der Waals surface area contributed by atoms with Gasteiger partial charge in [0.2, 0.25) is 0 Å². The third-order valence-corrected chi connectivity index (χ3v) is 2.98. The van der Waals surface area contributed by atoms with Gasteiger partial charge in [-0.1, -0.05) is 11.6 Å². The molecule has 0 aliphatic carbocycles. The molecule has 0 aliphatic rings. The summed E-state index contributed by atoms with van der Waals surface area (Å²) in [6.45, 7) is 0.126. The number of halogens is 4. The molecule has 0 spiro atoms. The summed E-state index contributed by atoms with van der Waals surface area (Å²) in [7, 11) is 0. The fraction of sp³-hybridized carbons (Fsp3) is 0.286. The van der Waals surface area contributed by atoms with E-state index in [-0.39, 0.29) is 21.6 Å². The standard InChI is InChI=1S/C7H6BrClF2N2/c8-5-3(7(10)11)2-13-4(1-12)6(5)9/h2,7H,1,12H2. The van der Waals surface area contributed by atoms with Gasteiger partial charge in [-0.2, -0.15) is 0 Å². The predicted molar refractivity (Wildman–Crippen MR) is 49.8 cm³/mol. The fourth-order valence-electron chi connectivity index (χ4n) is 0.809. The Morgan fingerprint density at radius 3 is 2.69 bits per heavy atom. The number of alkyl halides is 2. The number of hydrogen-bond donors (Lipinski definition) is 1. The molecule has 2 N–H and O–H groups in total. The minimum absolute atomic E-state index is 0.126. The lowest BCUT2D eigenvalue weighted by Gasteiger charge is -2.07. The van der Waals surface area contributed by atoms with Crippen LogP contribution in [0.3, 0.4) is 0 Å². The highest BCUT2D eigenvalue weighted by Gasteiger charge is 2.16. The van der Waals surface area contributed by atoms with Crippen molar-refractivity contribution in [3.05, 3.63) is 26.9 Å². The zero-order valence-electron chi connectivity index (χ0n) is 6.40. The van der Waals surface area contributed by atoms with Crippen LogP contribution in [0.15, 0.2) is 10.7 Å². The second-order valence-electron chi connectivity index (χ2n) is 2.29. The first-order valence-electron chi connectivity index (χ1n) is 3.39. The molecule has 72 valence electrons. The molecule has 1 aromatic rings. The highest BCUT2D eigenvalue weighted by molar-refractivity contribution is 9.10. The molecule has 0 radical (unpaired) electrons. The lowest BCUT2D eigenvalue weighted by molar-refractivity contribution is 0.150. The number of nitrogens with two attached hydrogens (primary N) is 1. The molecule has 0 saturated carbocycles. The van der Waals surface area contributed by atoms with E-state index in [1.165, 1.54) is 0 Å². The molecule has 0 aromatic carbocycles. The van der Waals surface area contributed by atoms with E-state index in [4.69, 9.17) is 17.3 Å². The normalized spacial score (nSPS) is 10.9. The Bertz CT molecular complexity index is 320. The van der Waals surface area contributed by atoms with Crippen LogP contribution in [0.2, 0.25) is 5.02 Å². The highest BCUT2D eigenvalue weighted by atomic mass is 79.9. The van der Waals surface area contributed by atoms with E-state index in [9.17, 15) is 8.78 Å². The predicted octanol–water partition coefficient (Wildman–Crippen LogP) is 2.89. The first-order valence-corrected chi connectivity index (χ1v) is 4.56. The summed E-state index contributed by atoms with van der Waals surface area (Å²) in [5.74, 6) is 0. The van der Waals surface area contributed by atoms with Gasteiger partial charge in [0.1, 0.15) is 0 Å². The molecular weight excluding hydrogens is 265 g/mol. The van der Waals surface area contributed by atoms with Crippen LogP contribution in [0.4, 0.5) is 8.78 Å². The molecule has 0 atom stereocenters. The van der Waals surface area contributed by atoms with Crippen LogP contribution >= 0.6 is 27.5 Å². The SMILES string of the molecule is NCc1ncc(C(F)F)c(Br)c1Cl. The van der Waals surface area contributed by atoms with E-state index >= 15 is 0 Å². The van der Waals surface area contributed by atoms with Crippen molar-refractivity contribution >= 4 is 27.5 Å². The van der Waals surface area contributed by atoms with Gasteiger partial charge in [-0.05, 0) is 15.9 Å². The van der Waals surface area contributed by atoms with E-state index < -0.39 is 6.43 Å². The molecule has 0 aliphatic heterocycles. The summed E-state index contributed by atoms with van der Waals surface area (Å²) in [5, 5.41) is 0.153. The van der Waals surface area contributed by atoms with E-state index in [1.54, 1.807) is 0 Å². The molecule has 13 heavy (non-hydrogen) atoms. The van der Waals surface area contributed by atoms with Crippen molar-refractivity contribution < 1.29 is 8.78 Å². The molecular formula is C7H6BrClF2N2. The van der Waals surface area contributed by atoms with E-state index in [0.717, 1.165) is 6.20 Å². The van der Waals surface area contributed by atoms with E-state index in [0.29, 0.717) is 5.69 Å². The van der Waals surface area contributed by atoms with Gasteiger partial charge in [0.25, 0.3) is 6.43 Å². The maximum atomic E-state index is 12.3. The van der Waals surface area contributed by atoms with Gasteiger partial charge in [-0.25, -0.2) is 8.78 Å². The smallest absolute Gasteiger partial charge is 0.266 e. The molecule has 0 fully saturated rings. The minimum atomic E-state index is -2.59. The Kier molecular flexibility index (Phi) is 3.58. The second-order valence-corrected chi connectivity index (χ2v) is 3.46. The summed E-state index contributed by atoms with van der Waals surface area (Å²) in [6.07, 6.45) is -1.52. The largest absolute Gasteiger partial charge is 0.325 e. The molecule has 1 aromatic heterocycles. The number of aromatic nitrogens is 1. The Balaban J connectivity index is 3.23. The van der Waals surface area contributed by atoms with Gasteiger partial charge in [0.05, 0.1) is 16.3 Å². The molecule has 0 amide bonds. The quantitative estimate of drug-likeness (QED) is 0.898. The van der Waals surface area contributed by atoms with Gasteiger partial charge in [0.15, 0.2) is 0 Å². The van der Waals surface area contributed by atoms with Crippen LogP contribution in [0.5, 0.6) is 0 Å². The fourth-order valence-corrected chi connectivity index (χ4v) is 1.55. The lowest BCUT2D eigenvalue weighted by Crippen LogP contribution is -2.02. The van der Waals surface area contributed by atoms with E-state index in [2.05, 4.69) is 20.9 Å². The molecule has 2 nitrogen and oxygen atoms in total. The van der Waals surface area contributed by atoms with Gasteiger partial charge in [-0.15, -0.1) is 0 Å². The Hall–Kier alpha value is -0.260. The molecule has 1 heterocycles. The maximum Gasteiger partial charge on any atom is 0.266 e. The lowest BCUT2D eigenvalue weighted by atomic mass is 10.2. The van der Waals surface area contributed by atoms with Gasteiger partial charge in [-0.3, -0.25) is 4.98 Å². The van der Waals surface area contributed by atoms with Crippen LogP contribution in [-0.2, 0) is 6.54 Å². The number of nitrogens with zero attached hydrogens (tertiary/aromatic N) is 1. The van der Waals surface area contributed by atoms with Crippen molar-refractivity contribution in [2.75, 3.05) is 0 Å². The summed E-state index contributed by atoms with van der Waals surface area (Å²) < 4.78 is 24.7. The van der Waals surface area contributed by atoms with Crippen LogP contribution in [0, 0.1) is 0 Å². The zero-order valence-corrected chi connectivity index (χ0v) is 8.74. The Morgan fingerprint density at radius 1 is 1.62 bits per heavy atom. The minimum Gasteiger partial charge on any atom is -0.325 e.